The molecule has 0 saturated carbocycles. The van der Waals surface area contributed by atoms with Crippen molar-refractivity contribution in [2.45, 2.75) is 33.3 Å². The summed E-state index contributed by atoms with van der Waals surface area (Å²) in [5, 5.41) is 12.6. The van der Waals surface area contributed by atoms with Crippen molar-refractivity contribution in [3.63, 3.8) is 0 Å². The highest BCUT2D eigenvalue weighted by molar-refractivity contribution is 7.88. The Morgan fingerprint density at radius 2 is 1.74 bits per heavy atom. The highest BCUT2D eigenvalue weighted by atomic mass is 32.2. The minimum absolute atomic E-state index is 0.0447. The van der Waals surface area contributed by atoms with Crippen LogP contribution in [0.15, 0.2) is 22.7 Å². The highest BCUT2D eigenvalue weighted by Crippen LogP contribution is 2.38. The van der Waals surface area contributed by atoms with Gasteiger partial charge in [0, 0.05) is 24.7 Å². The molecule has 0 radical (unpaired) electrons. The first kappa shape index (κ1) is 29.7. The fraction of sp³-hybridized carbons (Fsp3) is 0.500. The average molecular weight is 512 g/mol. The Labute approximate surface area is 206 Å². The molecule has 0 fully saturated rings. The Bertz CT molecular complexity index is 1070. The van der Waals surface area contributed by atoms with Gasteiger partial charge in [-0.3, -0.25) is 4.99 Å². The molecule has 35 heavy (non-hydrogen) atoms. The Hall–Kier alpha value is -3.34. The third-order valence-electron chi connectivity index (χ3n) is 4.19. The number of hydrogen-bond donors (Lipinski definition) is 3. The summed E-state index contributed by atoms with van der Waals surface area (Å²) in [5.74, 6) is 0.933. The lowest BCUT2D eigenvalue weighted by Crippen LogP contribution is -2.43. The Balaban J connectivity index is 2.66. The molecular weight excluding hydrogens is 478 g/mol. The van der Waals surface area contributed by atoms with Gasteiger partial charge in [-0.1, -0.05) is 0 Å². The minimum Gasteiger partial charge on any atom is -0.493 e. The third kappa shape index (κ3) is 10.2. The smallest absolute Gasteiger partial charge is 0.422 e. The fourth-order valence-electron chi connectivity index (χ4n) is 2.73. The Kier molecular flexibility index (Phi) is 11.5. The quantitative estimate of drug-likeness (QED) is 0.205. The zero-order valence-electron chi connectivity index (χ0n) is 20.9. The summed E-state index contributed by atoms with van der Waals surface area (Å²) in [6.45, 7) is 10.6. The maximum absolute atomic E-state index is 11.9. The van der Waals surface area contributed by atoms with Gasteiger partial charge in [-0.15, -0.1) is 0 Å². The molecule has 12 nitrogen and oxygen atoms in total. The van der Waals surface area contributed by atoms with E-state index in [9.17, 15) is 18.5 Å². The van der Waals surface area contributed by atoms with Gasteiger partial charge in [0.2, 0.25) is 0 Å². The van der Waals surface area contributed by atoms with Crippen LogP contribution in [0.1, 0.15) is 33.3 Å². The van der Waals surface area contributed by atoms with Crippen LogP contribution in [-0.2, 0) is 19.7 Å². The number of allylic oxidation sites excluding steroid dienone is 1. The van der Waals surface area contributed by atoms with Gasteiger partial charge in [-0.05, 0) is 40.5 Å². The molecule has 0 spiro atoms. The number of amides is 1. The second kappa shape index (κ2) is 13.5. The van der Waals surface area contributed by atoms with Crippen LogP contribution in [0.4, 0.5) is 10.5 Å². The van der Waals surface area contributed by atoms with E-state index in [1.165, 1.54) is 14.2 Å². The van der Waals surface area contributed by atoms with E-state index in [2.05, 4.69) is 27.8 Å². The number of nitrogens with zero attached hydrogens (tertiary/aromatic N) is 2. The topological polar surface area (TPSA) is 160 Å². The first-order valence-electron chi connectivity index (χ1n) is 10.5. The van der Waals surface area contributed by atoms with Crippen molar-refractivity contribution in [2.75, 3.05) is 40.5 Å². The maximum atomic E-state index is 11.9. The number of carbonyl (C=O) groups excluding carboxylic acids is 1. The van der Waals surface area contributed by atoms with Gasteiger partial charge < -0.3 is 24.3 Å². The van der Waals surface area contributed by atoms with E-state index in [-0.39, 0.29) is 19.8 Å². The van der Waals surface area contributed by atoms with Crippen molar-refractivity contribution in [1.82, 2.24) is 14.8 Å². The number of ether oxygens (including phenoxy) is 4. The highest BCUT2D eigenvalue weighted by Gasteiger charge is 2.21. The van der Waals surface area contributed by atoms with Crippen LogP contribution in [-0.4, -0.2) is 67.4 Å². The number of hydrogen-bond acceptors (Lipinski definition) is 10. The van der Waals surface area contributed by atoms with Crippen molar-refractivity contribution in [3.05, 3.63) is 23.3 Å². The molecule has 0 aliphatic rings. The van der Waals surface area contributed by atoms with Gasteiger partial charge in [0.25, 0.3) is 0 Å². The first-order chi connectivity index (χ1) is 16.4. The molecule has 194 valence electrons. The molecule has 0 heterocycles. The second-order valence-electron chi connectivity index (χ2n) is 8.04. The summed E-state index contributed by atoms with van der Waals surface area (Å²) in [6, 6.07) is 5.46. The molecule has 13 heteroatoms. The van der Waals surface area contributed by atoms with Gasteiger partial charge in [0.1, 0.15) is 5.60 Å². The minimum atomic E-state index is -4.08. The van der Waals surface area contributed by atoms with Crippen molar-refractivity contribution < 1.29 is 32.2 Å². The maximum Gasteiger partial charge on any atom is 0.422 e. The fourth-order valence-corrected chi connectivity index (χ4v) is 3.41. The molecule has 0 unspecified atom stereocenters. The summed E-state index contributed by atoms with van der Waals surface area (Å²) >= 11 is 0. The number of benzene rings is 1. The molecule has 0 aliphatic heterocycles. The lowest BCUT2D eigenvalue weighted by atomic mass is 10.0. The van der Waals surface area contributed by atoms with E-state index >= 15 is 0 Å². The first-order valence-corrected chi connectivity index (χ1v) is 12.0. The van der Waals surface area contributed by atoms with E-state index < -0.39 is 21.9 Å². The number of nitriles is 1. The van der Waals surface area contributed by atoms with Crippen molar-refractivity contribution in [2.24, 2.45) is 4.99 Å². The lowest BCUT2D eigenvalue weighted by Gasteiger charge is -2.19. The SMILES string of the molecule is C=Nc1cc(OC)c(OC)cc1/C(NCCOCCNS(=O)(=O)NC(=O)OC(C)(C)C)=C(\C)C#N. The number of rotatable bonds is 13. The zero-order valence-corrected chi connectivity index (χ0v) is 21.7. The molecule has 0 atom stereocenters. The summed E-state index contributed by atoms with van der Waals surface area (Å²) in [4.78, 5) is 15.6. The number of nitrogens with one attached hydrogen (secondary N) is 3. The number of aliphatic imine (C=N–C) groups is 1. The van der Waals surface area contributed by atoms with Crippen LogP contribution in [0.25, 0.3) is 5.70 Å². The molecule has 1 aromatic carbocycles. The summed E-state index contributed by atoms with van der Waals surface area (Å²) in [6.07, 6.45) is -1.08. The Morgan fingerprint density at radius 3 is 2.29 bits per heavy atom. The Morgan fingerprint density at radius 1 is 1.14 bits per heavy atom. The molecule has 1 aromatic rings. The van der Waals surface area contributed by atoms with Crippen molar-refractivity contribution in [1.29, 1.82) is 5.26 Å². The molecule has 0 aromatic heterocycles. The van der Waals surface area contributed by atoms with Crippen LogP contribution < -0.4 is 24.2 Å². The summed E-state index contributed by atoms with van der Waals surface area (Å²) in [7, 11) is -1.08. The predicted molar refractivity (Wildman–Crippen MR) is 132 cm³/mol. The predicted octanol–water partition coefficient (Wildman–Crippen LogP) is 2.26. The summed E-state index contributed by atoms with van der Waals surface area (Å²) < 4.78 is 48.7. The van der Waals surface area contributed by atoms with Crippen LogP contribution in [0, 0.1) is 11.3 Å². The monoisotopic (exact) mass is 511 g/mol. The van der Waals surface area contributed by atoms with Gasteiger partial charge in [0.15, 0.2) is 11.5 Å². The van der Waals surface area contributed by atoms with Gasteiger partial charge in [-0.2, -0.15) is 18.4 Å². The standard InChI is InChI=1S/C22H33N5O7S/c1-15(14-23)20(16-12-18(31-6)19(32-7)13-17(16)24-5)25-8-10-33-11-9-26-35(29,30)27-21(28)34-22(2,3)4/h12-13,25-26H,5,8-11H2,1-4,6-7H3,(H,27,28)/b20-15-. The van der Waals surface area contributed by atoms with Gasteiger partial charge in [0.05, 0.1) is 50.5 Å². The van der Waals surface area contributed by atoms with E-state index in [1.54, 1.807) is 44.5 Å². The van der Waals surface area contributed by atoms with Crippen LogP contribution >= 0.6 is 0 Å². The second-order valence-corrected chi connectivity index (χ2v) is 9.53. The van der Waals surface area contributed by atoms with Crippen LogP contribution in [0.2, 0.25) is 0 Å². The molecule has 1 rings (SSSR count). The molecule has 3 N–H and O–H groups in total. The molecular formula is C22H33N5O7S. The molecule has 1 amide bonds. The van der Waals surface area contributed by atoms with E-state index in [1.807, 2.05) is 0 Å². The molecule has 0 saturated heterocycles. The number of carbonyl (C=O) groups is 1. The van der Waals surface area contributed by atoms with Crippen molar-refractivity contribution >= 4 is 34.4 Å². The molecule has 0 aliphatic carbocycles. The van der Waals surface area contributed by atoms with Crippen LogP contribution in [0.5, 0.6) is 11.5 Å². The molecule has 0 bridgehead atoms. The average Bonchev–Trinajstić information content (AvgIpc) is 2.77. The van der Waals surface area contributed by atoms with E-state index in [4.69, 9.17) is 18.9 Å². The van der Waals surface area contributed by atoms with Crippen LogP contribution in [0.3, 0.4) is 0 Å². The van der Waals surface area contributed by atoms with E-state index in [0.29, 0.717) is 40.6 Å². The largest absolute Gasteiger partial charge is 0.493 e. The van der Waals surface area contributed by atoms with Gasteiger partial charge >= 0.3 is 16.3 Å². The van der Waals surface area contributed by atoms with E-state index in [0.717, 1.165) is 0 Å². The number of methoxy groups -OCH3 is 2. The van der Waals surface area contributed by atoms with Crippen molar-refractivity contribution in [3.8, 4) is 17.6 Å². The zero-order chi connectivity index (χ0) is 26.6. The normalized spacial score (nSPS) is 12.1. The summed E-state index contributed by atoms with van der Waals surface area (Å²) in [5.41, 5.74) is 1.18. The van der Waals surface area contributed by atoms with Gasteiger partial charge in [-0.25, -0.2) is 9.52 Å². The third-order valence-corrected chi connectivity index (χ3v) is 5.21. The lowest BCUT2D eigenvalue weighted by molar-refractivity contribution is 0.0569.